The van der Waals surface area contributed by atoms with Gasteiger partial charge >= 0.3 is 0 Å². The summed E-state index contributed by atoms with van der Waals surface area (Å²) in [5.41, 5.74) is 4.12. The van der Waals surface area contributed by atoms with E-state index in [4.69, 9.17) is 4.98 Å². The summed E-state index contributed by atoms with van der Waals surface area (Å²) in [4.78, 5) is 51.2. The largest absolute Gasteiger partial charge is 0.350 e. The van der Waals surface area contributed by atoms with Crippen molar-refractivity contribution in [2.24, 2.45) is 5.41 Å². The average molecular weight is 547 g/mol. The Bertz CT molecular complexity index is 1940. The maximum absolute atomic E-state index is 14.8. The van der Waals surface area contributed by atoms with Crippen molar-refractivity contribution < 1.29 is 14.4 Å². The van der Waals surface area contributed by atoms with E-state index in [1.807, 2.05) is 103 Å². The van der Waals surface area contributed by atoms with E-state index in [0.717, 1.165) is 33.3 Å². The van der Waals surface area contributed by atoms with Crippen LogP contribution >= 0.6 is 0 Å². The molecule has 202 valence electrons. The molecule has 8 rings (SSSR count). The molecule has 2 aliphatic heterocycles. The SMILES string of the molecule is Cc1ccc([C@H]2[C@H](C(=O)c3ccccc3)N3c4c(ccc5cccnc45)C=CC3C23C(=O)c2ccccc2C3=O)cc1. The molecule has 0 bridgehead atoms. The highest BCUT2D eigenvalue weighted by atomic mass is 16.2. The number of fused-ring (bicyclic) bond motifs is 7. The third kappa shape index (κ3) is 3.13. The Hall–Kier alpha value is -5.16. The molecule has 5 heteroatoms. The summed E-state index contributed by atoms with van der Waals surface area (Å²) < 4.78 is 0. The first-order chi connectivity index (χ1) is 20.5. The molecule has 5 nitrogen and oxygen atoms in total. The Balaban J connectivity index is 1.48. The van der Waals surface area contributed by atoms with Crippen molar-refractivity contribution in [3.63, 3.8) is 0 Å². The minimum Gasteiger partial charge on any atom is -0.350 e. The lowest BCUT2D eigenvalue weighted by atomic mass is 9.64. The minimum atomic E-state index is -1.53. The van der Waals surface area contributed by atoms with Crippen molar-refractivity contribution in [3.05, 3.63) is 149 Å². The lowest BCUT2D eigenvalue weighted by Gasteiger charge is -2.37. The second kappa shape index (κ2) is 8.92. The van der Waals surface area contributed by atoms with Gasteiger partial charge in [0.15, 0.2) is 17.3 Å². The molecule has 5 aromatic rings. The summed E-state index contributed by atoms with van der Waals surface area (Å²) in [6.45, 7) is 2.00. The van der Waals surface area contributed by atoms with Gasteiger partial charge in [-0.15, -0.1) is 0 Å². The zero-order chi connectivity index (χ0) is 28.6. The molecule has 0 N–H and O–H groups in total. The van der Waals surface area contributed by atoms with Crippen molar-refractivity contribution in [3.8, 4) is 0 Å². The van der Waals surface area contributed by atoms with Gasteiger partial charge in [-0.1, -0.05) is 115 Å². The summed E-state index contributed by atoms with van der Waals surface area (Å²) in [6, 6.07) is 30.6. The van der Waals surface area contributed by atoms with Gasteiger partial charge in [-0.3, -0.25) is 19.4 Å². The Morgan fingerprint density at radius 3 is 2.19 bits per heavy atom. The number of nitrogens with zero attached hydrogens (tertiary/aromatic N) is 2. The van der Waals surface area contributed by atoms with E-state index in [9.17, 15) is 14.4 Å². The molecular weight excluding hydrogens is 520 g/mol. The average Bonchev–Trinajstić information content (AvgIpc) is 3.47. The Morgan fingerprint density at radius 2 is 1.48 bits per heavy atom. The van der Waals surface area contributed by atoms with Crippen LogP contribution in [0, 0.1) is 12.3 Å². The smallest absolute Gasteiger partial charge is 0.185 e. The number of aromatic nitrogens is 1. The fourth-order valence-corrected chi connectivity index (χ4v) is 7.50. The standard InChI is InChI=1S/C37H26N2O3/c1-22-13-15-23(16-14-22)30-33(34(40)26-8-3-2-4-9-26)39-29(37(30)35(41)27-11-5-6-12-28(27)36(37)42)20-19-25-18-17-24-10-7-21-38-31(24)32(25)39/h2-21,29-30,33H,1H3/t29?,30-,33+/m0/s1. The number of pyridine rings is 1. The zero-order valence-electron chi connectivity index (χ0n) is 22.9. The lowest BCUT2D eigenvalue weighted by Crippen LogP contribution is -2.48. The van der Waals surface area contributed by atoms with Gasteiger partial charge in [0, 0.05) is 34.2 Å². The summed E-state index contributed by atoms with van der Waals surface area (Å²) in [5, 5.41) is 0.927. The lowest BCUT2D eigenvalue weighted by molar-refractivity contribution is 0.0666. The number of Topliss-reactive ketones (excluding diaryl/α,β-unsaturated/α-hetero) is 3. The number of ketones is 3. The highest BCUT2D eigenvalue weighted by Gasteiger charge is 2.71. The minimum absolute atomic E-state index is 0.131. The summed E-state index contributed by atoms with van der Waals surface area (Å²) in [7, 11) is 0. The second-order valence-corrected chi connectivity index (χ2v) is 11.4. The van der Waals surface area contributed by atoms with Crippen LogP contribution in [0.15, 0.2) is 115 Å². The maximum atomic E-state index is 14.8. The summed E-state index contributed by atoms with van der Waals surface area (Å²) >= 11 is 0. The normalized spacial score (nSPS) is 21.5. The molecule has 1 aliphatic carbocycles. The third-order valence-electron chi connectivity index (χ3n) is 9.30. The summed E-state index contributed by atoms with van der Waals surface area (Å²) in [6.07, 6.45) is 5.69. The van der Waals surface area contributed by atoms with Gasteiger partial charge in [0.25, 0.3) is 0 Å². The number of benzene rings is 4. The number of aryl methyl sites for hydroxylation is 1. The van der Waals surface area contributed by atoms with E-state index >= 15 is 0 Å². The van der Waals surface area contributed by atoms with Gasteiger partial charge in [-0.2, -0.15) is 0 Å². The monoisotopic (exact) mass is 546 g/mol. The van der Waals surface area contributed by atoms with Crippen LogP contribution in [0.3, 0.4) is 0 Å². The predicted octanol–water partition coefficient (Wildman–Crippen LogP) is 6.86. The molecule has 1 spiro atoms. The molecule has 42 heavy (non-hydrogen) atoms. The van der Waals surface area contributed by atoms with E-state index in [-0.39, 0.29) is 17.3 Å². The number of carbonyl (C=O) groups excluding carboxylic acids is 3. The first-order valence-electron chi connectivity index (χ1n) is 14.2. The predicted molar refractivity (Wildman–Crippen MR) is 163 cm³/mol. The Kier molecular flexibility index (Phi) is 5.23. The Morgan fingerprint density at radius 1 is 0.786 bits per heavy atom. The van der Waals surface area contributed by atoms with Gasteiger partial charge < -0.3 is 4.90 Å². The van der Waals surface area contributed by atoms with Crippen LogP contribution in [-0.4, -0.2) is 34.4 Å². The van der Waals surface area contributed by atoms with Crippen molar-refractivity contribution in [1.29, 1.82) is 0 Å². The number of hydrogen-bond acceptors (Lipinski definition) is 5. The van der Waals surface area contributed by atoms with Gasteiger partial charge in [-0.05, 0) is 24.1 Å². The van der Waals surface area contributed by atoms with Crippen molar-refractivity contribution in [2.45, 2.75) is 24.9 Å². The van der Waals surface area contributed by atoms with Crippen LogP contribution < -0.4 is 4.90 Å². The van der Waals surface area contributed by atoms with E-state index in [1.54, 1.807) is 30.5 Å². The first kappa shape index (κ1) is 24.6. The number of rotatable bonds is 3. The van der Waals surface area contributed by atoms with Crippen LogP contribution in [0.2, 0.25) is 0 Å². The van der Waals surface area contributed by atoms with Crippen molar-refractivity contribution >= 4 is 40.0 Å². The zero-order valence-corrected chi connectivity index (χ0v) is 22.9. The van der Waals surface area contributed by atoms with Gasteiger partial charge in [-0.25, -0.2) is 0 Å². The molecule has 1 aromatic heterocycles. The molecule has 3 heterocycles. The highest BCUT2D eigenvalue weighted by molar-refractivity contribution is 6.32. The van der Waals surface area contributed by atoms with Crippen molar-refractivity contribution in [2.75, 3.05) is 4.90 Å². The first-order valence-corrected chi connectivity index (χ1v) is 14.2. The van der Waals surface area contributed by atoms with Crippen LogP contribution in [-0.2, 0) is 0 Å². The topological polar surface area (TPSA) is 67.3 Å². The van der Waals surface area contributed by atoms with Crippen LogP contribution in [0.5, 0.6) is 0 Å². The molecule has 1 fully saturated rings. The fraction of sp³-hybridized carbons (Fsp3) is 0.135. The fourth-order valence-electron chi connectivity index (χ4n) is 7.50. The second-order valence-electron chi connectivity index (χ2n) is 11.4. The quantitative estimate of drug-likeness (QED) is 0.183. The van der Waals surface area contributed by atoms with Crippen LogP contribution in [0.25, 0.3) is 17.0 Å². The van der Waals surface area contributed by atoms with Crippen LogP contribution in [0.4, 0.5) is 5.69 Å². The van der Waals surface area contributed by atoms with Crippen molar-refractivity contribution in [1.82, 2.24) is 4.98 Å². The Labute approximate surface area is 243 Å². The maximum Gasteiger partial charge on any atom is 0.185 e. The van der Waals surface area contributed by atoms with E-state index < -0.39 is 23.4 Å². The van der Waals surface area contributed by atoms with Crippen LogP contribution in [0.1, 0.15) is 53.7 Å². The van der Waals surface area contributed by atoms with Gasteiger partial charge in [0.2, 0.25) is 0 Å². The highest BCUT2D eigenvalue weighted by Crippen LogP contribution is 2.61. The van der Waals surface area contributed by atoms with E-state index in [2.05, 4.69) is 0 Å². The van der Waals surface area contributed by atoms with E-state index in [0.29, 0.717) is 16.7 Å². The van der Waals surface area contributed by atoms with E-state index in [1.165, 1.54) is 0 Å². The molecule has 1 unspecified atom stereocenters. The molecule has 0 radical (unpaired) electrons. The van der Waals surface area contributed by atoms with Gasteiger partial charge in [0.05, 0.1) is 17.2 Å². The molecular formula is C37H26N2O3. The molecule has 1 saturated heterocycles. The third-order valence-corrected chi connectivity index (χ3v) is 9.30. The molecule has 0 saturated carbocycles. The molecule has 0 amide bonds. The number of hydrogen-bond donors (Lipinski definition) is 0. The number of anilines is 1. The molecule has 4 aromatic carbocycles. The molecule has 3 atom stereocenters. The molecule has 3 aliphatic rings. The van der Waals surface area contributed by atoms with Gasteiger partial charge in [0.1, 0.15) is 11.5 Å². The summed E-state index contributed by atoms with van der Waals surface area (Å²) in [5.74, 6) is -1.33. The number of carbonyl (C=O) groups is 3.